The molecule has 0 spiro atoms. The Bertz CT molecular complexity index is 1030. The molecule has 1 amide bonds. The minimum absolute atomic E-state index is 0.165. The molecule has 0 atom stereocenters. The van der Waals surface area contributed by atoms with Crippen LogP contribution < -0.4 is 10.2 Å². The van der Waals surface area contributed by atoms with Crippen LogP contribution in [0.3, 0.4) is 0 Å². The van der Waals surface area contributed by atoms with E-state index in [9.17, 15) is 4.79 Å². The average Bonchev–Trinajstić information content (AvgIpc) is 2.95. The number of rotatable bonds is 3. The average molecular weight is 379 g/mol. The first-order valence-electron chi connectivity index (χ1n) is 9.44. The zero-order valence-electron chi connectivity index (χ0n) is 16.7. The van der Waals surface area contributed by atoms with Crippen molar-refractivity contribution in [1.82, 2.24) is 24.6 Å². The summed E-state index contributed by atoms with van der Waals surface area (Å²) in [5, 5.41) is 8.23. The van der Waals surface area contributed by atoms with Gasteiger partial charge in [0, 0.05) is 56.9 Å². The standard InChI is InChI=1S/C20H25N7O/c1-13-11-16(18-14(2)24-26(4)19(18)22-13)20(28)23-15-5-6-21-17(12-15)27-9-7-25(3)8-10-27/h5-6,11-12H,7-10H2,1-4H3,(H,21,23,28). The molecule has 3 aromatic rings. The van der Waals surface area contributed by atoms with Gasteiger partial charge in [0.05, 0.1) is 16.6 Å². The third-order valence-electron chi connectivity index (χ3n) is 5.17. The van der Waals surface area contributed by atoms with E-state index in [-0.39, 0.29) is 5.91 Å². The van der Waals surface area contributed by atoms with Crippen LogP contribution in [-0.4, -0.2) is 63.8 Å². The first kappa shape index (κ1) is 18.4. The zero-order chi connectivity index (χ0) is 19.8. The van der Waals surface area contributed by atoms with Crippen molar-refractivity contribution >= 4 is 28.4 Å². The van der Waals surface area contributed by atoms with Gasteiger partial charge >= 0.3 is 0 Å². The summed E-state index contributed by atoms with van der Waals surface area (Å²) < 4.78 is 1.71. The molecule has 0 unspecified atom stereocenters. The Kier molecular flexibility index (Phi) is 4.72. The van der Waals surface area contributed by atoms with E-state index in [4.69, 9.17) is 0 Å². The van der Waals surface area contributed by atoms with Crippen molar-refractivity contribution in [3.05, 3.63) is 41.3 Å². The fraction of sp³-hybridized carbons (Fsp3) is 0.400. The third-order valence-corrected chi connectivity index (χ3v) is 5.17. The third kappa shape index (κ3) is 3.43. The molecule has 146 valence electrons. The molecule has 8 heteroatoms. The molecule has 0 bridgehead atoms. The molecule has 0 aromatic carbocycles. The van der Waals surface area contributed by atoms with E-state index in [1.54, 1.807) is 10.9 Å². The second-order valence-corrected chi connectivity index (χ2v) is 7.37. The highest BCUT2D eigenvalue weighted by Crippen LogP contribution is 2.24. The largest absolute Gasteiger partial charge is 0.354 e. The van der Waals surface area contributed by atoms with E-state index in [0.29, 0.717) is 5.56 Å². The number of pyridine rings is 2. The van der Waals surface area contributed by atoms with E-state index in [2.05, 4.69) is 37.2 Å². The van der Waals surface area contributed by atoms with Gasteiger partial charge in [-0.25, -0.2) is 9.97 Å². The number of nitrogens with one attached hydrogen (secondary N) is 1. The van der Waals surface area contributed by atoms with Crippen LogP contribution in [0.1, 0.15) is 21.7 Å². The summed E-state index contributed by atoms with van der Waals surface area (Å²) >= 11 is 0. The number of aryl methyl sites for hydroxylation is 3. The van der Waals surface area contributed by atoms with Crippen molar-refractivity contribution in [2.45, 2.75) is 13.8 Å². The van der Waals surface area contributed by atoms with Crippen LogP contribution >= 0.6 is 0 Å². The first-order chi connectivity index (χ1) is 13.4. The van der Waals surface area contributed by atoms with Gasteiger partial charge in [0.2, 0.25) is 0 Å². The van der Waals surface area contributed by atoms with Crippen molar-refractivity contribution in [2.75, 3.05) is 43.4 Å². The molecule has 0 aliphatic carbocycles. The lowest BCUT2D eigenvalue weighted by molar-refractivity contribution is 0.102. The van der Waals surface area contributed by atoms with Crippen LogP contribution in [0.15, 0.2) is 24.4 Å². The van der Waals surface area contributed by atoms with Gasteiger partial charge < -0.3 is 15.1 Å². The van der Waals surface area contributed by atoms with Crippen LogP contribution in [0.4, 0.5) is 11.5 Å². The van der Waals surface area contributed by atoms with Crippen LogP contribution in [-0.2, 0) is 7.05 Å². The molecule has 3 aromatic heterocycles. The number of likely N-dealkylation sites (N-methyl/N-ethyl adjacent to an activating group) is 1. The van der Waals surface area contributed by atoms with Gasteiger partial charge in [-0.05, 0) is 33.0 Å². The molecule has 1 saturated heterocycles. The monoisotopic (exact) mass is 379 g/mol. The van der Waals surface area contributed by atoms with Crippen molar-refractivity contribution < 1.29 is 4.79 Å². The van der Waals surface area contributed by atoms with Gasteiger partial charge in [0.25, 0.3) is 5.91 Å². The predicted octanol–water partition coefficient (Wildman–Crippen LogP) is 1.98. The number of fused-ring (bicyclic) bond motifs is 1. The minimum atomic E-state index is -0.165. The Morgan fingerprint density at radius 2 is 1.86 bits per heavy atom. The summed E-state index contributed by atoms with van der Waals surface area (Å²) in [6.07, 6.45) is 1.74. The second-order valence-electron chi connectivity index (χ2n) is 7.37. The first-order valence-corrected chi connectivity index (χ1v) is 9.44. The highest BCUT2D eigenvalue weighted by atomic mass is 16.1. The molecule has 28 heavy (non-hydrogen) atoms. The quantitative estimate of drug-likeness (QED) is 0.750. The molecule has 1 N–H and O–H groups in total. The summed E-state index contributed by atoms with van der Waals surface area (Å²) in [6, 6.07) is 5.57. The molecule has 0 saturated carbocycles. The maximum absolute atomic E-state index is 13.1. The number of hydrogen-bond acceptors (Lipinski definition) is 6. The summed E-state index contributed by atoms with van der Waals surface area (Å²) in [5.74, 6) is 0.724. The van der Waals surface area contributed by atoms with Gasteiger partial charge in [-0.3, -0.25) is 9.48 Å². The molecule has 8 nitrogen and oxygen atoms in total. The van der Waals surface area contributed by atoms with E-state index in [0.717, 1.165) is 60.1 Å². The number of carbonyl (C=O) groups is 1. The molecular formula is C20H25N7O. The topological polar surface area (TPSA) is 79.2 Å². The number of amides is 1. The van der Waals surface area contributed by atoms with Crippen molar-refractivity contribution in [3.63, 3.8) is 0 Å². The fourth-order valence-corrected chi connectivity index (χ4v) is 3.65. The summed E-state index contributed by atoms with van der Waals surface area (Å²) in [6.45, 7) is 7.66. The summed E-state index contributed by atoms with van der Waals surface area (Å²) in [7, 11) is 3.97. The van der Waals surface area contributed by atoms with Gasteiger partial charge in [-0.1, -0.05) is 0 Å². The maximum Gasteiger partial charge on any atom is 0.256 e. The highest BCUT2D eigenvalue weighted by Gasteiger charge is 2.19. The number of aromatic nitrogens is 4. The van der Waals surface area contributed by atoms with Crippen LogP contribution in [0, 0.1) is 13.8 Å². The smallest absolute Gasteiger partial charge is 0.256 e. The van der Waals surface area contributed by atoms with E-state index < -0.39 is 0 Å². The Hall–Kier alpha value is -3.00. The molecule has 1 fully saturated rings. The Balaban J connectivity index is 1.61. The highest BCUT2D eigenvalue weighted by molar-refractivity contribution is 6.12. The normalized spacial score (nSPS) is 15.2. The number of piperazine rings is 1. The Morgan fingerprint density at radius 1 is 1.11 bits per heavy atom. The lowest BCUT2D eigenvalue weighted by Gasteiger charge is -2.33. The number of anilines is 2. The van der Waals surface area contributed by atoms with E-state index >= 15 is 0 Å². The Labute approximate surface area is 164 Å². The van der Waals surface area contributed by atoms with Crippen molar-refractivity contribution in [2.24, 2.45) is 7.05 Å². The number of carbonyl (C=O) groups excluding carboxylic acids is 1. The molecule has 4 heterocycles. The fourth-order valence-electron chi connectivity index (χ4n) is 3.65. The summed E-state index contributed by atoms with van der Waals surface area (Å²) in [4.78, 5) is 26.6. The van der Waals surface area contributed by atoms with E-state index in [1.807, 2.05) is 39.1 Å². The Morgan fingerprint density at radius 3 is 2.61 bits per heavy atom. The molecular weight excluding hydrogens is 354 g/mol. The van der Waals surface area contributed by atoms with Crippen LogP contribution in [0.2, 0.25) is 0 Å². The van der Waals surface area contributed by atoms with Gasteiger partial charge in [-0.2, -0.15) is 5.10 Å². The lowest BCUT2D eigenvalue weighted by atomic mass is 10.1. The minimum Gasteiger partial charge on any atom is -0.354 e. The SMILES string of the molecule is Cc1cc(C(=O)Nc2ccnc(N3CCN(C)CC3)c2)c2c(C)nn(C)c2n1. The zero-order valence-corrected chi connectivity index (χ0v) is 16.7. The molecule has 1 aliphatic heterocycles. The molecule has 4 rings (SSSR count). The van der Waals surface area contributed by atoms with Gasteiger partial charge in [0.1, 0.15) is 5.82 Å². The van der Waals surface area contributed by atoms with E-state index in [1.165, 1.54) is 0 Å². The maximum atomic E-state index is 13.1. The molecule has 1 aliphatic rings. The van der Waals surface area contributed by atoms with Crippen LogP contribution in [0.25, 0.3) is 11.0 Å². The predicted molar refractivity (Wildman–Crippen MR) is 110 cm³/mol. The van der Waals surface area contributed by atoms with Crippen molar-refractivity contribution in [3.8, 4) is 0 Å². The second kappa shape index (κ2) is 7.20. The molecule has 0 radical (unpaired) electrons. The number of nitrogens with zero attached hydrogens (tertiary/aromatic N) is 6. The van der Waals surface area contributed by atoms with Crippen molar-refractivity contribution in [1.29, 1.82) is 0 Å². The van der Waals surface area contributed by atoms with Crippen LogP contribution in [0.5, 0.6) is 0 Å². The lowest BCUT2D eigenvalue weighted by Crippen LogP contribution is -2.44. The van der Waals surface area contributed by atoms with Gasteiger partial charge in [-0.15, -0.1) is 0 Å². The number of hydrogen-bond donors (Lipinski definition) is 1. The van der Waals surface area contributed by atoms with Gasteiger partial charge in [0.15, 0.2) is 5.65 Å². The summed E-state index contributed by atoms with van der Waals surface area (Å²) in [5.41, 5.74) is 3.62.